The third kappa shape index (κ3) is 13.5. The van der Waals surface area contributed by atoms with Gasteiger partial charge in [0, 0.05) is 4.90 Å². The van der Waals surface area contributed by atoms with Crippen LogP contribution in [0.15, 0.2) is 35.2 Å². The second kappa shape index (κ2) is 15.5. The Morgan fingerprint density at radius 3 is 1.59 bits per heavy atom. The molecule has 0 bridgehead atoms. The maximum absolute atomic E-state index is 11.2. The Morgan fingerprint density at radius 2 is 1.14 bits per heavy atom. The fourth-order valence-corrected chi connectivity index (χ4v) is 5.83. The van der Waals surface area contributed by atoms with Gasteiger partial charge in [0.1, 0.15) is 24.4 Å². The summed E-state index contributed by atoms with van der Waals surface area (Å²) in [6.07, 6.45) is -18.4. The van der Waals surface area contributed by atoms with E-state index in [2.05, 4.69) is 16.7 Å². The molecule has 0 radical (unpaired) electrons. The predicted molar refractivity (Wildman–Crippen MR) is 132 cm³/mol. The molecule has 1 aromatic carbocycles. The Morgan fingerprint density at radius 1 is 0.682 bits per heavy atom. The van der Waals surface area contributed by atoms with Gasteiger partial charge in [-0.1, -0.05) is 18.2 Å². The van der Waals surface area contributed by atoms with E-state index in [0.717, 1.165) is 0 Å². The molecule has 0 aliphatic carbocycles. The van der Waals surface area contributed by atoms with E-state index >= 15 is 0 Å². The highest BCUT2D eigenvalue weighted by atomic mass is 32.3. The highest BCUT2D eigenvalue weighted by molar-refractivity contribution is 7.81. The van der Waals surface area contributed by atoms with Gasteiger partial charge in [-0.15, -0.1) is 0 Å². The summed E-state index contributed by atoms with van der Waals surface area (Å²) in [6.45, 7) is -1.89. The first kappa shape index (κ1) is 38.8. The standard InChI is InChI=1S/C10H18O21S4.C6H6O2S/c11-3-1-26-10(8(31-35(22,23)24)5(3)28-32(13,14)15)27-4-2-25-9(12)7(30-34(19,20)21)6(4)29-33(16,17)18;7-9(8)6-4-2-1-3-5-6/h3-12H,1-2H2,(H,13,14,15)(H,16,17,18)(H,19,20,21)(H,22,23,24);1-5H,(H,7,8)/p-1/t3-,4-,5+,6+,7-,8-,9-,10+;/m1./s1. The van der Waals surface area contributed by atoms with Crippen LogP contribution in [0.5, 0.6) is 0 Å². The normalized spacial score (nSPS) is 31.0. The van der Waals surface area contributed by atoms with Crippen molar-refractivity contribution in [1.29, 1.82) is 0 Å². The molecule has 28 heteroatoms. The van der Waals surface area contributed by atoms with Gasteiger partial charge in [-0.2, -0.15) is 33.7 Å². The molecule has 1 aromatic rings. The molecular weight excluding hydrogens is 720 g/mol. The smallest absolute Gasteiger partial charge is 0.397 e. The average Bonchev–Trinajstić information content (AvgIpc) is 2.85. The molecule has 256 valence electrons. The Hall–Kier alpha value is -1.39. The van der Waals surface area contributed by atoms with Gasteiger partial charge in [0.2, 0.25) is 0 Å². The number of ether oxygens (including phenoxy) is 3. The molecule has 6 N–H and O–H groups in total. The number of hydrogen-bond acceptors (Lipinski definition) is 19. The molecule has 0 aromatic heterocycles. The zero-order valence-electron chi connectivity index (χ0n) is 21.1. The van der Waals surface area contributed by atoms with Crippen molar-refractivity contribution < 1.29 is 102 Å². The summed E-state index contributed by atoms with van der Waals surface area (Å²) in [6, 6.07) is 8.23. The highest BCUT2D eigenvalue weighted by Gasteiger charge is 2.52. The summed E-state index contributed by atoms with van der Waals surface area (Å²) in [4.78, 5) is 0.331. The first-order valence-electron chi connectivity index (χ1n) is 11.0. The third-order valence-electron chi connectivity index (χ3n) is 4.98. The molecule has 2 heterocycles. The lowest BCUT2D eigenvalue weighted by molar-refractivity contribution is -0.313. The number of benzene rings is 1. The van der Waals surface area contributed by atoms with Gasteiger partial charge in [-0.3, -0.25) is 22.4 Å². The van der Waals surface area contributed by atoms with Gasteiger partial charge in [0.15, 0.2) is 24.8 Å². The second-order valence-corrected chi connectivity index (χ2v) is 13.3. The van der Waals surface area contributed by atoms with Crippen molar-refractivity contribution in [1.82, 2.24) is 0 Å². The van der Waals surface area contributed by atoms with E-state index in [0.29, 0.717) is 4.90 Å². The molecule has 2 aliphatic heterocycles. The minimum Gasteiger partial charge on any atom is -0.768 e. The van der Waals surface area contributed by atoms with Crippen molar-refractivity contribution >= 4 is 52.7 Å². The van der Waals surface area contributed by atoms with E-state index in [1.54, 1.807) is 30.3 Å². The number of aliphatic hydroxyl groups is 2. The van der Waals surface area contributed by atoms with E-state index in [1.807, 2.05) is 0 Å². The number of hydrogen-bond donors (Lipinski definition) is 6. The Balaban J connectivity index is 0.000000639. The van der Waals surface area contributed by atoms with Gasteiger partial charge in [-0.25, -0.2) is 16.7 Å². The second-order valence-electron chi connectivity index (χ2n) is 8.17. The van der Waals surface area contributed by atoms with Crippen molar-refractivity contribution in [2.24, 2.45) is 0 Å². The van der Waals surface area contributed by atoms with Crippen LogP contribution in [-0.4, -0.2) is 133 Å². The Bertz CT molecular complexity index is 1450. The monoisotopic (exact) mass is 743 g/mol. The summed E-state index contributed by atoms with van der Waals surface area (Å²) in [5, 5.41) is 19.7. The van der Waals surface area contributed by atoms with Crippen molar-refractivity contribution in [3.8, 4) is 0 Å². The molecule has 0 saturated carbocycles. The van der Waals surface area contributed by atoms with E-state index < -0.39 is 115 Å². The van der Waals surface area contributed by atoms with Crippen LogP contribution in [0.1, 0.15) is 0 Å². The molecular formula is C16H23O23S5-. The van der Waals surface area contributed by atoms with Crippen LogP contribution in [-0.2, 0) is 83.6 Å². The maximum atomic E-state index is 11.2. The molecule has 2 fully saturated rings. The van der Waals surface area contributed by atoms with E-state index in [9.17, 15) is 52.6 Å². The zero-order chi connectivity index (χ0) is 33.7. The molecule has 2 saturated heterocycles. The fourth-order valence-electron chi connectivity index (χ4n) is 3.45. The number of rotatable bonds is 11. The van der Waals surface area contributed by atoms with Crippen LogP contribution in [0, 0.1) is 0 Å². The summed E-state index contributed by atoms with van der Waals surface area (Å²) >= 11 is -2.08. The summed E-state index contributed by atoms with van der Waals surface area (Å²) in [5.41, 5.74) is 0. The van der Waals surface area contributed by atoms with Gasteiger partial charge < -0.3 is 29.0 Å². The van der Waals surface area contributed by atoms with Crippen LogP contribution >= 0.6 is 0 Å². The lowest BCUT2D eigenvalue weighted by atomic mass is 10.0. The van der Waals surface area contributed by atoms with Gasteiger partial charge in [-0.05, 0) is 23.2 Å². The summed E-state index contributed by atoms with van der Waals surface area (Å²) in [5.74, 6) is 0. The van der Waals surface area contributed by atoms with Crippen molar-refractivity contribution in [3.05, 3.63) is 30.3 Å². The van der Waals surface area contributed by atoms with Crippen molar-refractivity contribution in [2.45, 2.75) is 54.1 Å². The van der Waals surface area contributed by atoms with E-state index in [-0.39, 0.29) is 0 Å². The summed E-state index contributed by atoms with van der Waals surface area (Å²) in [7, 11) is -21.8. The van der Waals surface area contributed by atoms with Crippen molar-refractivity contribution in [2.75, 3.05) is 13.2 Å². The SMILES string of the molecule is O=S(=O)(O)O[C@@H]1[C@@H](OS(=O)(=O)O)[C@H](O[C@@H]2CO[C@@H](O)[C@H](OS(=O)(=O)O)[C@H]2OS(=O)(=O)O)OC[C@H]1O.O=S([O-])c1ccccc1. The van der Waals surface area contributed by atoms with Gasteiger partial charge in [0.25, 0.3) is 0 Å². The zero-order valence-corrected chi connectivity index (χ0v) is 25.2. The van der Waals surface area contributed by atoms with Crippen LogP contribution in [0.25, 0.3) is 0 Å². The largest absolute Gasteiger partial charge is 0.768 e. The highest BCUT2D eigenvalue weighted by Crippen LogP contribution is 2.30. The maximum Gasteiger partial charge on any atom is 0.397 e. The van der Waals surface area contributed by atoms with Crippen LogP contribution in [0.2, 0.25) is 0 Å². The average molecular weight is 744 g/mol. The summed E-state index contributed by atoms with van der Waals surface area (Å²) < 4.78 is 177. The first-order chi connectivity index (χ1) is 20.0. The van der Waals surface area contributed by atoms with Crippen LogP contribution in [0.4, 0.5) is 0 Å². The first-order valence-corrected chi connectivity index (χ1v) is 17.5. The van der Waals surface area contributed by atoms with Crippen molar-refractivity contribution in [3.63, 3.8) is 0 Å². The quantitative estimate of drug-likeness (QED) is 0.0932. The van der Waals surface area contributed by atoms with Crippen LogP contribution < -0.4 is 0 Å². The minimum absolute atomic E-state index is 0.331. The van der Waals surface area contributed by atoms with Gasteiger partial charge >= 0.3 is 41.6 Å². The third-order valence-corrected chi connectivity index (χ3v) is 7.50. The molecule has 0 spiro atoms. The molecule has 9 atom stereocenters. The molecule has 44 heavy (non-hydrogen) atoms. The predicted octanol–water partition coefficient (Wildman–Crippen LogP) is -3.89. The molecule has 2 aliphatic rings. The van der Waals surface area contributed by atoms with E-state index in [4.69, 9.17) is 32.4 Å². The van der Waals surface area contributed by atoms with Crippen LogP contribution in [0.3, 0.4) is 0 Å². The lowest BCUT2D eigenvalue weighted by Gasteiger charge is -2.42. The van der Waals surface area contributed by atoms with E-state index in [1.165, 1.54) is 0 Å². The topological polar surface area (TPSA) is 363 Å². The minimum atomic E-state index is -5.50. The number of aliphatic hydroxyl groups excluding tert-OH is 2. The Kier molecular flexibility index (Phi) is 13.6. The Labute approximate surface area is 251 Å². The molecule has 23 nitrogen and oxygen atoms in total. The molecule has 3 rings (SSSR count). The van der Waals surface area contributed by atoms with Gasteiger partial charge in [0.05, 0.1) is 13.2 Å². The lowest BCUT2D eigenvalue weighted by Crippen LogP contribution is -2.62. The molecule has 0 amide bonds. The fraction of sp³-hybridized carbons (Fsp3) is 0.625. The molecule has 1 unspecified atom stereocenters.